The predicted octanol–water partition coefficient (Wildman–Crippen LogP) is 1.07. The maximum absolute atomic E-state index is 13.2. The molecule has 0 aliphatic rings. The minimum Gasteiger partial charge on any atom is -0.395 e. The summed E-state index contributed by atoms with van der Waals surface area (Å²) in [6.07, 6.45) is 0. The first-order chi connectivity index (χ1) is 11.1. The minimum atomic E-state index is -0.323. The third-order valence-corrected chi connectivity index (χ3v) is 3.13. The highest BCUT2D eigenvalue weighted by atomic mass is 35.5. The van der Waals surface area contributed by atoms with Crippen molar-refractivity contribution in [2.75, 3.05) is 36.5 Å². The van der Waals surface area contributed by atoms with Crippen molar-refractivity contribution in [3.8, 4) is 0 Å². The van der Waals surface area contributed by atoms with Gasteiger partial charge in [0.1, 0.15) is 5.82 Å². The van der Waals surface area contributed by atoms with E-state index in [1.807, 2.05) is 0 Å². The molecule has 0 saturated carbocycles. The van der Waals surface area contributed by atoms with E-state index in [4.69, 9.17) is 21.8 Å². The summed E-state index contributed by atoms with van der Waals surface area (Å²) < 4.78 is 13.2. The third-order valence-electron chi connectivity index (χ3n) is 2.96. The Kier molecular flexibility index (Phi) is 6.45. The predicted molar refractivity (Wildman–Crippen MR) is 84.9 cm³/mol. The molecule has 124 valence electrons. The molecule has 1 aromatic carbocycles. The van der Waals surface area contributed by atoms with E-state index in [1.165, 1.54) is 12.1 Å². The highest BCUT2D eigenvalue weighted by molar-refractivity contribution is 6.28. The number of benzene rings is 1. The molecule has 0 fully saturated rings. The topological polar surface area (TPSA) is 94.4 Å². The maximum atomic E-state index is 13.2. The van der Waals surface area contributed by atoms with Crippen molar-refractivity contribution >= 4 is 23.5 Å². The molecule has 0 spiro atoms. The van der Waals surface area contributed by atoms with E-state index in [-0.39, 0.29) is 49.3 Å². The Morgan fingerprint density at radius 1 is 1.13 bits per heavy atom. The van der Waals surface area contributed by atoms with Crippen LogP contribution in [0.25, 0.3) is 0 Å². The Balaban J connectivity index is 2.12. The number of hydrogen-bond acceptors (Lipinski definition) is 7. The molecular weight excluding hydrogens is 325 g/mol. The molecule has 0 saturated heterocycles. The van der Waals surface area contributed by atoms with Gasteiger partial charge in [0.25, 0.3) is 0 Å². The number of halogens is 2. The molecule has 0 amide bonds. The van der Waals surface area contributed by atoms with Crippen molar-refractivity contribution in [3.63, 3.8) is 0 Å². The fourth-order valence-corrected chi connectivity index (χ4v) is 2.10. The van der Waals surface area contributed by atoms with Crippen LogP contribution >= 0.6 is 11.6 Å². The van der Waals surface area contributed by atoms with Gasteiger partial charge in [0.2, 0.25) is 17.2 Å². The Hall–Kier alpha value is -2.03. The molecule has 0 bridgehead atoms. The van der Waals surface area contributed by atoms with Gasteiger partial charge >= 0.3 is 0 Å². The Morgan fingerprint density at radius 3 is 2.52 bits per heavy atom. The monoisotopic (exact) mass is 341 g/mol. The van der Waals surface area contributed by atoms with E-state index in [9.17, 15) is 4.39 Å². The molecule has 0 radical (unpaired) electrons. The number of aromatic nitrogens is 3. The molecule has 1 heterocycles. The van der Waals surface area contributed by atoms with Gasteiger partial charge < -0.3 is 20.4 Å². The van der Waals surface area contributed by atoms with Crippen molar-refractivity contribution < 1.29 is 14.6 Å². The van der Waals surface area contributed by atoms with Crippen LogP contribution in [0.4, 0.5) is 16.3 Å². The quantitative estimate of drug-likeness (QED) is 0.661. The van der Waals surface area contributed by atoms with Gasteiger partial charge in [0.15, 0.2) is 0 Å². The van der Waals surface area contributed by atoms with Crippen LogP contribution in [-0.2, 0) is 6.54 Å². The van der Waals surface area contributed by atoms with Gasteiger partial charge in [0, 0.05) is 19.6 Å². The largest absolute Gasteiger partial charge is 0.395 e. The summed E-state index contributed by atoms with van der Waals surface area (Å²) >= 11 is 5.89. The smallest absolute Gasteiger partial charge is 0.231 e. The minimum absolute atomic E-state index is 0.0161. The lowest BCUT2D eigenvalue weighted by atomic mass is 10.2. The second kappa shape index (κ2) is 8.56. The van der Waals surface area contributed by atoms with Crippen molar-refractivity contribution in [2.45, 2.75) is 6.54 Å². The van der Waals surface area contributed by atoms with Crippen molar-refractivity contribution in [1.29, 1.82) is 0 Å². The summed E-state index contributed by atoms with van der Waals surface area (Å²) in [7, 11) is 0. The molecule has 0 atom stereocenters. The highest BCUT2D eigenvalue weighted by Gasteiger charge is 2.12. The van der Waals surface area contributed by atoms with E-state index in [1.54, 1.807) is 17.0 Å². The molecule has 2 aromatic rings. The third kappa shape index (κ3) is 5.27. The van der Waals surface area contributed by atoms with Crippen molar-refractivity contribution in [2.24, 2.45) is 0 Å². The van der Waals surface area contributed by atoms with Gasteiger partial charge in [-0.25, -0.2) is 4.39 Å². The average Bonchev–Trinajstić information content (AvgIpc) is 2.52. The Labute approximate surface area is 137 Å². The number of nitrogens with one attached hydrogen (secondary N) is 1. The summed E-state index contributed by atoms with van der Waals surface area (Å²) in [6, 6.07) is 6.15. The van der Waals surface area contributed by atoms with Crippen LogP contribution in [0.2, 0.25) is 5.28 Å². The molecule has 2 rings (SSSR count). The second-order valence-electron chi connectivity index (χ2n) is 4.65. The molecule has 0 aliphatic heterocycles. The molecule has 0 unspecified atom stereocenters. The summed E-state index contributed by atoms with van der Waals surface area (Å²) in [5, 5.41) is 21.1. The van der Waals surface area contributed by atoms with Gasteiger partial charge in [-0.15, -0.1) is 0 Å². The fraction of sp³-hybridized carbons (Fsp3) is 0.357. The number of aliphatic hydroxyl groups is 2. The maximum Gasteiger partial charge on any atom is 0.231 e. The molecule has 7 nitrogen and oxygen atoms in total. The zero-order valence-electron chi connectivity index (χ0n) is 12.3. The highest BCUT2D eigenvalue weighted by Crippen LogP contribution is 2.14. The summed E-state index contributed by atoms with van der Waals surface area (Å²) in [4.78, 5) is 13.7. The van der Waals surface area contributed by atoms with Gasteiger partial charge in [-0.2, -0.15) is 15.0 Å². The molecular formula is C14H17ClFN5O2. The van der Waals surface area contributed by atoms with E-state index in [0.29, 0.717) is 6.54 Å². The van der Waals surface area contributed by atoms with Crippen LogP contribution in [0.15, 0.2) is 24.3 Å². The fourth-order valence-electron chi connectivity index (χ4n) is 1.94. The van der Waals surface area contributed by atoms with Crippen molar-refractivity contribution in [1.82, 2.24) is 15.0 Å². The first kappa shape index (κ1) is 17.3. The van der Waals surface area contributed by atoms with Gasteiger partial charge in [-0.05, 0) is 29.3 Å². The van der Waals surface area contributed by atoms with E-state index in [2.05, 4.69) is 20.3 Å². The number of anilines is 2. The second-order valence-corrected chi connectivity index (χ2v) is 4.98. The first-order valence-corrected chi connectivity index (χ1v) is 7.36. The van der Waals surface area contributed by atoms with Gasteiger partial charge in [0.05, 0.1) is 13.2 Å². The molecule has 0 aliphatic carbocycles. The number of nitrogens with zero attached hydrogens (tertiary/aromatic N) is 4. The van der Waals surface area contributed by atoms with Gasteiger partial charge in [-0.3, -0.25) is 0 Å². The molecule has 23 heavy (non-hydrogen) atoms. The Morgan fingerprint density at radius 2 is 1.87 bits per heavy atom. The first-order valence-electron chi connectivity index (χ1n) is 6.99. The van der Waals surface area contributed by atoms with Gasteiger partial charge in [-0.1, -0.05) is 12.1 Å². The summed E-state index contributed by atoms with van der Waals surface area (Å²) in [5.41, 5.74) is 0.727. The summed E-state index contributed by atoms with van der Waals surface area (Å²) in [5.74, 6) is 0.149. The summed E-state index contributed by atoms with van der Waals surface area (Å²) in [6.45, 7) is 0.594. The number of hydrogen-bond donors (Lipinski definition) is 3. The van der Waals surface area contributed by atoms with Crippen LogP contribution in [0.5, 0.6) is 0 Å². The lowest BCUT2D eigenvalue weighted by Gasteiger charge is -2.20. The molecule has 1 aromatic heterocycles. The van der Waals surface area contributed by atoms with Crippen molar-refractivity contribution in [3.05, 3.63) is 40.9 Å². The van der Waals surface area contributed by atoms with Crippen LogP contribution in [0.3, 0.4) is 0 Å². The Bertz CT molecular complexity index is 640. The SMILES string of the molecule is OCCN(CCO)c1nc(Cl)nc(NCc2cccc(F)c2)n1. The molecule has 9 heteroatoms. The zero-order valence-corrected chi connectivity index (χ0v) is 13.0. The number of aliphatic hydroxyl groups excluding tert-OH is 2. The standard InChI is InChI=1S/C14H17ClFN5O2/c15-12-18-13(17-9-10-2-1-3-11(16)8-10)20-14(19-12)21(4-6-22)5-7-23/h1-3,8,22-23H,4-7,9H2,(H,17,18,19,20). The lowest BCUT2D eigenvalue weighted by Crippen LogP contribution is -2.31. The van der Waals surface area contributed by atoms with Crippen LogP contribution in [0.1, 0.15) is 5.56 Å². The zero-order chi connectivity index (χ0) is 16.7. The lowest BCUT2D eigenvalue weighted by molar-refractivity contribution is 0.280. The molecule has 3 N–H and O–H groups in total. The van der Waals surface area contributed by atoms with E-state index in [0.717, 1.165) is 5.56 Å². The van der Waals surface area contributed by atoms with Crippen LogP contribution in [0, 0.1) is 5.82 Å². The van der Waals surface area contributed by atoms with Crippen LogP contribution in [-0.4, -0.2) is 51.5 Å². The van der Waals surface area contributed by atoms with E-state index >= 15 is 0 Å². The van der Waals surface area contributed by atoms with E-state index < -0.39 is 0 Å². The normalized spacial score (nSPS) is 10.6. The van der Waals surface area contributed by atoms with Crippen LogP contribution < -0.4 is 10.2 Å². The average molecular weight is 342 g/mol. The number of rotatable bonds is 8.